The average Bonchev–Trinajstić information content (AvgIpc) is 3.28. The Morgan fingerprint density at radius 1 is 1.20 bits per heavy atom. The molecule has 4 saturated heterocycles. The van der Waals surface area contributed by atoms with Crippen molar-refractivity contribution in [3.05, 3.63) is 30.5 Å². The number of piperidine rings is 3. The minimum absolute atomic E-state index is 0.138. The van der Waals surface area contributed by atoms with Gasteiger partial charge in [0.1, 0.15) is 11.4 Å². The number of amides is 1. The first-order valence-corrected chi connectivity index (χ1v) is 10.9. The first-order valence-electron chi connectivity index (χ1n) is 10.9. The van der Waals surface area contributed by atoms with E-state index in [9.17, 15) is 4.79 Å². The lowest BCUT2D eigenvalue weighted by Gasteiger charge is -2.50. The molecule has 1 aromatic heterocycles. The Balaban J connectivity index is 1.22. The molecule has 0 aliphatic carbocycles. The standard InChI is InChI=1S/C22H29N5O3/c1-29-19-4-2-16(3-5-19)21-15-27(24-23-21)13-18-12-17-6-7-26(18)14-20(17)22(28)25-8-10-30-11-9-25/h2-5,15,17-18,20H,6-14H2,1H3/t17?,18-,20+/m1/s1. The van der Waals surface area contributed by atoms with Crippen LogP contribution in [0.2, 0.25) is 0 Å². The highest BCUT2D eigenvalue weighted by Gasteiger charge is 2.44. The summed E-state index contributed by atoms with van der Waals surface area (Å²) in [4.78, 5) is 17.5. The number of ether oxygens (including phenoxy) is 2. The molecule has 2 unspecified atom stereocenters. The molecule has 5 heterocycles. The normalized spacial score (nSPS) is 28.5. The number of aromatic nitrogens is 3. The first-order chi connectivity index (χ1) is 14.7. The molecule has 8 heteroatoms. The van der Waals surface area contributed by atoms with Crippen LogP contribution in [-0.4, -0.2) is 83.2 Å². The van der Waals surface area contributed by atoms with Crippen LogP contribution in [0, 0.1) is 11.8 Å². The zero-order chi connectivity index (χ0) is 20.5. The van der Waals surface area contributed by atoms with Gasteiger partial charge in [0.25, 0.3) is 0 Å². The van der Waals surface area contributed by atoms with Gasteiger partial charge in [-0.15, -0.1) is 5.10 Å². The van der Waals surface area contributed by atoms with Crippen LogP contribution < -0.4 is 4.74 Å². The van der Waals surface area contributed by atoms with Crippen molar-refractivity contribution in [2.24, 2.45) is 11.8 Å². The van der Waals surface area contributed by atoms with Gasteiger partial charge in [0, 0.05) is 31.2 Å². The minimum atomic E-state index is 0.138. The molecule has 30 heavy (non-hydrogen) atoms. The van der Waals surface area contributed by atoms with Gasteiger partial charge in [-0.05, 0) is 49.6 Å². The Kier molecular flexibility index (Phi) is 5.43. The van der Waals surface area contributed by atoms with Gasteiger partial charge in [-0.1, -0.05) is 5.21 Å². The molecule has 4 aliphatic rings. The van der Waals surface area contributed by atoms with Crippen LogP contribution >= 0.6 is 0 Å². The van der Waals surface area contributed by atoms with E-state index in [4.69, 9.17) is 9.47 Å². The highest BCUT2D eigenvalue weighted by atomic mass is 16.5. The largest absolute Gasteiger partial charge is 0.497 e. The maximum Gasteiger partial charge on any atom is 0.227 e. The Labute approximate surface area is 176 Å². The maximum atomic E-state index is 13.0. The lowest BCUT2D eigenvalue weighted by molar-refractivity contribution is -0.148. The summed E-state index contributed by atoms with van der Waals surface area (Å²) in [5, 5.41) is 8.71. The molecule has 6 rings (SSSR count). The number of methoxy groups -OCH3 is 1. The van der Waals surface area contributed by atoms with Gasteiger partial charge >= 0.3 is 0 Å². The van der Waals surface area contributed by atoms with Gasteiger partial charge in [0.05, 0.1) is 39.0 Å². The zero-order valence-electron chi connectivity index (χ0n) is 17.4. The molecule has 0 spiro atoms. The topological polar surface area (TPSA) is 72.7 Å². The van der Waals surface area contributed by atoms with E-state index in [1.807, 2.05) is 40.0 Å². The van der Waals surface area contributed by atoms with Crippen molar-refractivity contribution in [2.45, 2.75) is 25.4 Å². The number of nitrogens with zero attached hydrogens (tertiary/aromatic N) is 5. The fourth-order valence-electron chi connectivity index (χ4n) is 5.12. The summed E-state index contributed by atoms with van der Waals surface area (Å²) in [7, 11) is 1.66. The zero-order valence-corrected chi connectivity index (χ0v) is 17.4. The van der Waals surface area contributed by atoms with Crippen molar-refractivity contribution in [3.8, 4) is 17.0 Å². The van der Waals surface area contributed by atoms with Crippen molar-refractivity contribution in [2.75, 3.05) is 46.5 Å². The number of carbonyl (C=O) groups excluding carboxylic acids is 1. The number of carbonyl (C=O) groups is 1. The SMILES string of the molecule is COc1ccc(-c2cn(C[C@H]3CC4CCN3C[C@@H]4C(=O)N3CCOCC3)nn2)cc1. The van der Waals surface area contributed by atoms with E-state index in [-0.39, 0.29) is 5.92 Å². The van der Waals surface area contributed by atoms with E-state index in [0.717, 1.165) is 62.6 Å². The molecule has 2 bridgehead atoms. The van der Waals surface area contributed by atoms with Gasteiger partial charge < -0.3 is 14.4 Å². The third kappa shape index (κ3) is 3.81. The molecule has 1 aromatic carbocycles. The number of morpholine rings is 1. The van der Waals surface area contributed by atoms with Crippen LogP contribution in [-0.2, 0) is 16.1 Å². The van der Waals surface area contributed by atoms with Gasteiger partial charge in [-0.25, -0.2) is 0 Å². The first kappa shape index (κ1) is 19.5. The lowest BCUT2D eigenvalue weighted by Crippen LogP contribution is -2.59. The van der Waals surface area contributed by atoms with Crippen molar-refractivity contribution >= 4 is 5.91 Å². The van der Waals surface area contributed by atoms with E-state index < -0.39 is 0 Å². The van der Waals surface area contributed by atoms with E-state index in [2.05, 4.69) is 15.2 Å². The molecule has 0 saturated carbocycles. The Hall–Kier alpha value is -2.45. The summed E-state index contributed by atoms with van der Waals surface area (Å²) in [5.41, 5.74) is 1.90. The smallest absolute Gasteiger partial charge is 0.227 e. The molecular formula is C22H29N5O3. The molecule has 4 fully saturated rings. The number of hydrogen-bond acceptors (Lipinski definition) is 6. The van der Waals surface area contributed by atoms with Gasteiger partial charge in [-0.2, -0.15) is 0 Å². The van der Waals surface area contributed by atoms with Crippen molar-refractivity contribution in [1.29, 1.82) is 0 Å². The Morgan fingerprint density at radius 3 is 2.70 bits per heavy atom. The second kappa shape index (κ2) is 8.35. The van der Waals surface area contributed by atoms with Crippen LogP contribution in [0.3, 0.4) is 0 Å². The molecule has 8 nitrogen and oxygen atoms in total. The fourth-order valence-corrected chi connectivity index (χ4v) is 5.12. The lowest BCUT2D eigenvalue weighted by atomic mass is 9.75. The van der Waals surface area contributed by atoms with E-state index in [1.54, 1.807) is 7.11 Å². The predicted octanol–water partition coefficient (Wildman–Crippen LogP) is 1.52. The fraction of sp³-hybridized carbons (Fsp3) is 0.591. The van der Waals surface area contributed by atoms with Crippen LogP contribution in [0.1, 0.15) is 12.8 Å². The summed E-state index contributed by atoms with van der Waals surface area (Å²) in [6.45, 7) is 5.56. The third-order valence-electron chi connectivity index (χ3n) is 6.84. The highest BCUT2D eigenvalue weighted by Crippen LogP contribution is 2.38. The van der Waals surface area contributed by atoms with Gasteiger partial charge in [0.2, 0.25) is 5.91 Å². The second-order valence-electron chi connectivity index (χ2n) is 8.53. The number of benzene rings is 1. The molecule has 0 N–H and O–H groups in total. The molecule has 1 amide bonds. The van der Waals surface area contributed by atoms with Crippen LogP contribution in [0.4, 0.5) is 0 Å². The van der Waals surface area contributed by atoms with Crippen LogP contribution in [0.25, 0.3) is 11.3 Å². The summed E-state index contributed by atoms with van der Waals surface area (Å²) in [6, 6.07) is 8.29. The number of rotatable bonds is 5. The molecule has 4 atom stereocenters. The number of fused-ring (bicyclic) bond motifs is 3. The quantitative estimate of drug-likeness (QED) is 0.743. The summed E-state index contributed by atoms with van der Waals surface area (Å²) in [6.07, 6.45) is 4.19. The maximum absolute atomic E-state index is 13.0. The van der Waals surface area contributed by atoms with E-state index >= 15 is 0 Å². The third-order valence-corrected chi connectivity index (χ3v) is 6.84. The summed E-state index contributed by atoms with van der Waals surface area (Å²) >= 11 is 0. The number of hydrogen-bond donors (Lipinski definition) is 0. The average molecular weight is 412 g/mol. The van der Waals surface area contributed by atoms with Crippen molar-refractivity contribution in [3.63, 3.8) is 0 Å². The highest BCUT2D eigenvalue weighted by molar-refractivity contribution is 5.79. The molecular weight excluding hydrogens is 382 g/mol. The Morgan fingerprint density at radius 2 is 2.00 bits per heavy atom. The van der Waals surface area contributed by atoms with Gasteiger partial charge in [-0.3, -0.25) is 14.4 Å². The minimum Gasteiger partial charge on any atom is -0.497 e. The van der Waals surface area contributed by atoms with Crippen LogP contribution in [0.15, 0.2) is 30.5 Å². The summed E-state index contributed by atoms with van der Waals surface area (Å²) in [5.74, 6) is 1.77. The Bertz CT molecular complexity index is 877. The molecule has 160 valence electrons. The van der Waals surface area contributed by atoms with E-state index in [0.29, 0.717) is 31.1 Å². The summed E-state index contributed by atoms with van der Waals surface area (Å²) < 4.78 is 12.6. The van der Waals surface area contributed by atoms with Crippen LogP contribution in [0.5, 0.6) is 5.75 Å². The predicted molar refractivity (Wildman–Crippen MR) is 111 cm³/mol. The van der Waals surface area contributed by atoms with Gasteiger partial charge in [0.15, 0.2) is 0 Å². The molecule has 2 aromatic rings. The molecule has 4 aliphatic heterocycles. The van der Waals surface area contributed by atoms with E-state index in [1.165, 1.54) is 0 Å². The van der Waals surface area contributed by atoms with Crippen molar-refractivity contribution < 1.29 is 14.3 Å². The molecule has 0 radical (unpaired) electrons. The monoisotopic (exact) mass is 411 g/mol. The second-order valence-corrected chi connectivity index (χ2v) is 8.53. The van der Waals surface area contributed by atoms with Crippen molar-refractivity contribution in [1.82, 2.24) is 24.8 Å².